The Morgan fingerprint density at radius 1 is 1.06 bits per heavy atom. The van der Waals surface area contributed by atoms with Gasteiger partial charge in [-0.1, -0.05) is 6.42 Å². The van der Waals surface area contributed by atoms with Crippen molar-refractivity contribution >= 4 is 0 Å². The molecule has 0 aromatic heterocycles. The second-order valence-corrected chi connectivity index (χ2v) is 5.64. The second kappa shape index (κ2) is 5.99. The highest BCUT2D eigenvalue weighted by molar-refractivity contribution is 4.81. The zero-order chi connectivity index (χ0) is 11.4. The van der Waals surface area contributed by atoms with Gasteiger partial charge < -0.3 is 15.1 Å². The van der Waals surface area contributed by atoms with Crippen LogP contribution in [0.3, 0.4) is 0 Å². The molecular weight excluding hydrogens is 198 g/mol. The van der Waals surface area contributed by atoms with Crippen molar-refractivity contribution in [1.29, 1.82) is 0 Å². The molecule has 1 N–H and O–H groups in total. The normalized spacial score (nSPS) is 34.1. The van der Waals surface area contributed by atoms with E-state index in [0.29, 0.717) is 0 Å². The molecule has 2 fully saturated rings. The topological polar surface area (TPSA) is 18.5 Å². The summed E-state index contributed by atoms with van der Waals surface area (Å²) < 4.78 is 0. The van der Waals surface area contributed by atoms with Gasteiger partial charge in [0.25, 0.3) is 0 Å². The van der Waals surface area contributed by atoms with Gasteiger partial charge in [-0.15, -0.1) is 0 Å². The van der Waals surface area contributed by atoms with E-state index in [1.807, 2.05) is 0 Å². The molecule has 16 heavy (non-hydrogen) atoms. The summed E-state index contributed by atoms with van der Waals surface area (Å²) >= 11 is 0. The molecule has 2 aliphatic heterocycles. The van der Waals surface area contributed by atoms with Crippen LogP contribution in [0.25, 0.3) is 0 Å². The minimum absolute atomic E-state index is 0.731. The highest BCUT2D eigenvalue weighted by Gasteiger charge is 2.21. The van der Waals surface area contributed by atoms with Crippen LogP contribution in [0.15, 0.2) is 0 Å². The van der Waals surface area contributed by atoms with Crippen molar-refractivity contribution < 1.29 is 0 Å². The fourth-order valence-electron chi connectivity index (χ4n) is 3.04. The van der Waals surface area contributed by atoms with Crippen LogP contribution in [0.2, 0.25) is 0 Å². The highest BCUT2D eigenvalue weighted by atomic mass is 15.2. The Hall–Kier alpha value is -0.120. The van der Waals surface area contributed by atoms with Crippen molar-refractivity contribution in [3.05, 3.63) is 0 Å². The minimum atomic E-state index is 0.731. The molecule has 2 atom stereocenters. The van der Waals surface area contributed by atoms with Crippen molar-refractivity contribution in [3.63, 3.8) is 0 Å². The third-order valence-electron chi connectivity index (χ3n) is 4.19. The summed E-state index contributed by atoms with van der Waals surface area (Å²) in [6.07, 6.45) is 6.90. The molecule has 0 spiro atoms. The molecule has 3 nitrogen and oxygen atoms in total. The molecule has 2 rings (SSSR count). The summed E-state index contributed by atoms with van der Waals surface area (Å²) in [5.41, 5.74) is 0. The van der Waals surface area contributed by atoms with E-state index in [2.05, 4.69) is 29.2 Å². The molecule has 3 heteroatoms. The molecule has 2 unspecified atom stereocenters. The lowest BCUT2D eigenvalue weighted by molar-refractivity contribution is 0.164. The van der Waals surface area contributed by atoms with E-state index >= 15 is 0 Å². The number of nitrogens with one attached hydrogen (secondary N) is 1. The van der Waals surface area contributed by atoms with E-state index in [1.54, 1.807) is 0 Å². The van der Waals surface area contributed by atoms with Gasteiger partial charge in [0.05, 0.1) is 0 Å². The van der Waals surface area contributed by atoms with E-state index < -0.39 is 0 Å². The fourth-order valence-corrected chi connectivity index (χ4v) is 3.04. The minimum Gasteiger partial charge on any atom is -0.311 e. The summed E-state index contributed by atoms with van der Waals surface area (Å²) in [6.45, 7) is 4.99. The lowest BCUT2D eigenvalue weighted by Gasteiger charge is -2.36. The molecule has 0 aliphatic carbocycles. The first-order chi connectivity index (χ1) is 7.75. The maximum absolute atomic E-state index is 3.77. The zero-order valence-corrected chi connectivity index (χ0v) is 10.9. The van der Waals surface area contributed by atoms with Gasteiger partial charge in [0, 0.05) is 25.2 Å². The zero-order valence-electron chi connectivity index (χ0n) is 10.9. The summed E-state index contributed by atoms with van der Waals surface area (Å²) in [5.74, 6) is 0. The van der Waals surface area contributed by atoms with Crippen molar-refractivity contribution in [2.24, 2.45) is 0 Å². The first kappa shape index (κ1) is 12.3. The lowest BCUT2D eigenvalue weighted by atomic mass is 10.0. The molecule has 0 aromatic rings. The summed E-state index contributed by atoms with van der Waals surface area (Å²) in [5, 5.41) is 3.77. The van der Waals surface area contributed by atoms with Crippen molar-refractivity contribution in [2.75, 3.05) is 40.3 Å². The van der Waals surface area contributed by atoms with E-state index in [-0.39, 0.29) is 0 Å². The van der Waals surface area contributed by atoms with Gasteiger partial charge in [0.2, 0.25) is 0 Å². The Bertz CT molecular complexity index is 207. The molecule has 0 radical (unpaired) electrons. The molecule has 0 aromatic carbocycles. The third-order valence-corrected chi connectivity index (χ3v) is 4.19. The number of piperidine rings is 2. The number of likely N-dealkylation sites (N-methyl/N-ethyl adjacent to an activating group) is 2. The average Bonchev–Trinajstić information content (AvgIpc) is 2.28. The van der Waals surface area contributed by atoms with Gasteiger partial charge in [-0.25, -0.2) is 0 Å². The van der Waals surface area contributed by atoms with Crippen LogP contribution in [-0.4, -0.2) is 62.2 Å². The smallest absolute Gasteiger partial charge is 0.0217 e. The molecule has 2 aliphatic rings. The van der Waals surface area contributed by atoms with Gasteiger partial charge >= 0.3 is 0 Å². The van der Waals surface area contributed by atoms with Crippen LogP contribution < -0.4 is 5.32 Å². The Morgan fingerprint density at radius 2 is 1.94 bits per heavy atom. The Labute approximate surface area is 100 Å². The largest absolute Gasteiger partial charge is 0.311 e. The molecular formula is C13H27N3. The van der Waals surface area contributed by atoms with E-state index in [9.17, 15) is 0 Å². The summed E-state index contributed by atoms with van der Waals surface area (Å²) in [7, 11) is 4.51. The average molecular weight is 225 g/mol. The summed E-state index contributed by atoms with van der Waals surface area (Å²) in [6, 6.07) is 1.51. The maximum Gasteiger partial charge on any atom is 0.0217 e. The van der Waals surface area contributed by atoms with Gasteiger partial charge in [-0.2, -0.15) is 0 Å². The first-order valence-corrected chi connectivity index (χ1v) is 6.88. The molecule has 0 bridgehead atoms. The number of nitrogens with zero attached hydrogens (tertiary/aromatic N) is 2. The van der Waals surface area contributed by atoms with Crippen LogP contribution in [0.4, 0.5) is 0 Å². The van der Waals surface area contributed by atoms with Crippen molar-refractivity contribution in [2.45, 2.75) is 44.2 Å². The number of likely N-dealkylation sites (tertiary alicyclic amines) is 2. The first-order valence-electron chi connectivity index (χ1n) is 6.88. The molecule has 2 saturated heterocycles. The molecule has 0 amide bonds. The van der Waals surface area contributed by atoms with Crippen LogP contribution in [0.1, 0.15) is 32.1 Å². The van der Waals surface area contributed by atoms with E-state index in [1.165, 1.54) is 58.3 Å². The van der Waals surface area contributed by atoms with Crippen LogP contribution in [0.5, 0.6) is 0 Å². The van der Waals surface area contributed by atoms with Crippen LogP contribution in [0, 0.1) is 0 Å². The second-order valence-electron chi connectivity index (χ2n) is 5.64. The molecule has 0 saturated carbocycles. The van der Waals surface area contributed by atoms with Crippen molar-refractivity contribution in [1.82, 2.24) is 15.1 Å². The number of rotatable bonds is 3. The Balaban J connectivity index is 1.69. The Kier molecular flexibility index (Phi) is 4.62. The monoisotopic (exact) mass is 225 g/mol. The SMILES string of the molecule is CN1CCCC(NCC2CCCCN2C)C1. The predicted octanol–water partition coefficient (Wildman–Crippen LogP) is 1.15. The molecule has 94 valence electrons. The van der Waals surface area contributed by atoms with Crippen molar-refractivity contribution in [3.8, 4) is 0 Å². The van der Waals surface area contributed by atoms with E-state index in [0.717, 1.165) is 12.1 Å². The van der Waals surface area contributed by atoms with Crippen LogP contribution >= 0.6 is 0 Å². The van der Waals surface area contributed by atoms with Gasteiger partial charge in [-0.3, -0.25) is 0 Å². The Morgan fingerprint density at radius 3 is 2.69 bits per heavy atom. The number of hydrogen-bond acceptors (Lipinski definition) is 3. The van der Waals surface area contributed by atoms with Gasteiger partial charge in [-0.05, 0) is 52.9 Å². The summed E-state index contributed by atoms with van der Waals surface area (Å²) in [4.78, 5) is 4.98. The van der Waals surface area contributed by atoms with Crippen LogP contribution in [-0.2, 0) is 0 Å². The standard InChI is InChI=1S/C13H27N3/c1-15-8-5-6-12(11-15)14-10-13-7-3-4-9-16(13)2/h12-14H,3-11H2,1-2H3. The van der Waals surface area contributed by atoms with Gasteiger partial charge in [0.15, 0.2) is 0 Å². The number of hydrogen-bond donors (Lipinski definition) is 1. The fraction of sp³-hybridized carbons (Fsp3) is 1.00. The quantitative estimate of drug-likeness (QED) is 0.777. The predicted molar refractivity (Wildman–Crippen MR) is 68.8 cm³/mol. The van der Waals surface area contributed by atoms with Gasteiger partial charge in [0.1, 0.15) is 0 Å². The molecule has 2 heterocycles. The lowest BCUT2D eigenvalue weighted by Crippen LogP contribution is -2.50. The maximum atomic E-state index is 3.77. The van der Waals surface area contributed by atoms with E-state index in [4.69, 9.17) is 0 Å². The third kappa shape index (κ3) is 3.44. The highest BCUT2D eigenvalue weighted by Crippen LogP contribution is 2.15.